The van der Waals surface area contributed by atoms with Gasteiger partial charge in [-0.25, -0.2) is 0 Å². The van der Waals surface area contributed by atoms with Crippen molar-refractivity contribution in [1.82, 2.24) is 0 Å². The molecule has 0 N–H and O–H groups in total. The summed E-state index contributed by atoms with van der Waals surface area (Å²) < 4.78 is 7.46. The van der Waals surface area contributed by atoms with E-state index in [0.29, 0.717) is 6.10 Å². The molecule has 0 radical (unpaired) electrons. The summed E-state index contributed by atoms with van der Waals surface area (Å²) in [6.45, 7) is 7.19. The molecule has 1 aliphatic carbocycles. The molecular weight excluding hydrogens is 380 g/mol. The monoisotopic (exact) mass is 422 g/mol. The Balaban J connectivity index is 1.96. The van der Waals surface area contributed by atoms with E-state index in [4.69, 9.17) is 4.43 Å². The van der Waals surface area contributed by atoms with Gasteiger partial charge in [-0.05, 0) is 28.3 Å². The zero-order chi connectivity index (χ0) is 21.3. The first-order chi connectivity index (χ1) is 14.5. The first-order valence-corrected chi connectivity index (χ1v) is 14.2. The standard InChI is InChI=1S/C28H42OSi/c1-28(2,3)30(26-21-15-11-16-22-26,27-23-17-12-18-24-27)29-25-19-13-9-7-5-4-6-8-10-14-20-25/h11-12,15-18,21-25H,4-10,13-14,19-20H2,1-3H3. The van der Waals surface area contributed by atoms with Crippen LogP contribution in [0.4, 0.5) is 0 Å². The van der Waals surface area contributed by atoms with Crippen LogP contribution in [0.1, 0.15) is 91.4 Å². The van der Waals surface area contributed by atoms with Gasteiger partial charge >= 0.3 is 0 Å². The van der Waals surface area contributed by atoms with Crippen molar-refractivity contribution in [3.63, 3.8) is 0 Å². The topological polar surface area (TPSA) is 9.23 Å². The Morgan fingerprint density at radius 3 is 1.33 bits per heavy atom. The average molecular weight is 423 g/mol. The molecule has 2 aromatic carbocycles. The molecule has 2 heteroatoms. The van der Waals surface area contributed by atoms with Gasteiger partial charge in [0.05, 0.1) is 0 Å². The first kappa shape index (κ1) is 23.3. The summed E-state index contributed by atoms with van der Waals surface area (Å²) >= 11 is 0. The Kier molecular flexibility index (Phi) is 8.77. The highest BCUT2D eigenvalue weighted by Gasteiger charge is 2.51. The summed E-state index contributed by atoms with van der Waals surface area (Å²) in [5, 5.41) is 2.89. The summed E-state index contributed by atoms with van der Waals surface area (Å²) in [5.74, 6) is 0. The van der Waals surface area contributed by atoms with Gasteiger partial charge in [-0.1, -0.05) is 139 Å². The minimum Gasteiger partial charge on any atom is -0.404 e. The third-order valence-corrected chi connectivity index (χ3v) is 11.9. The Bertz CT molecular complexity index is 668. The van der Waals surface area contributed by atoms with E-state index in [1.165, 1.54) is 81.0 Å². The van der Waals surface area contributed by atoms with Crippen LogP contribution in [0.3, 0.4) is 0 Å². The van der Waals surface area contributed by atoms with E-state index in [1.54, 1.807) is 0 Å². The van der Waals surface area contributed by atoms with E-state index in [2.05, 4.69) is 81.4 Å². The molecule has 3 rings (SSSR count). The highest BCUT2D eigenvalue weighted by molar-refractivity contribution is 6.99. The van der Waals surface area contributed by atoms with Crippen LogP contribution in [0.2, 0.25) is 5.04 Å². The van der Waals surface area contributed by atoms with E-state index in [9.17, 15) is 0 Å². The van der Waals surface area contributed by atoms with Gasteiger partial charge in [0, 0.05) is 6.10 Å². The molecule has 30 heavy (non-hydrogen) atoms. The smallest absolute Gasteiger partial charge is 0.261 e. The zero-order valence-corrected chi connectivity index (χ0v) is 20.5. The molecule has 0 aromatic heterocycles. The fourth-order valence-electron chi connectivity index (χ4n) is 5.18. The molecule has 0 aliphatic heterocycles. The lowest BCUT2D eigenvalue weighted by atomic mass is 10.00. The predicted molar refractivity (Wildman–Crippen MR) is 133 cm³/mol. The van der Waals surface area contributed by atoms with Crippen molar-refractivity contribution in [3.8, 4) is 0 Å². The average Bonchev–Trinajstić information content (AvgIpc) is 2.74. The van der Waals surface area contributed by atoms with Crippen molar-refractivity contribution in [1.29, 1.82) is 0 Å². The van der Waals surface area contributed by atoms with Crippen molar-refractivity contribution in [2.24, 2.45) is 0 Å². The first-order valence-electron chi connectivity index (χ1n) is 12.3. The van der Waals surface area contributed by atoms with Crippen molar-refractivity contribution in [3.05, 3.63) is 60.7 Å². The number of hydrogen-bond donors (Lipinski definition) is 0. The van der Waals surface area contributed by atoms with Crippen molar-refractivity contribution in [2.75, 3.05) is 0 Å². The Hall–Kier alpha value is -1.38. The van der Waals surface area contributed by atoms with Crippen LogP contribution in [-0.2, 0) is 4.43 Å². The van der Waals surface area contributed by atoms with Crippen LogP contribution < -0.4 is 10.4 Å². The van der Waals surface area contributed by atoms with Crippen LogP contribution in [-0.4, -0.2) is 14.4 Å². The van der Waals surface area contributed by atoms with Gasteiger partial charge in [0.15, 0.2) is 0 Å². The van der Waals surface area contributed by atoms with E-state index in [0.717, 1.165) is 0 Å². The summed E-state index contributed by atoms with van der Waals surface area (Å²) in [6, 6.07) is 22.3. The van der Waals surface area contributed by atoms with Gasteiger partial charge in [0.25, 0.3) is 8.32 Å². The van der Waals surface area contributed by atoms with E-state index in [-0.39, 0.29) is 5.04 Å². The van der Waals surface area contributed by atoms with Crippen LogP contribution in [0, 0.1) is 0 Å². The van der Waals surface area contributed by atoms with Crippen molar-refractivity contribution in [2.45, 2.75) is 103 Å². The zero-order valence-electron chi connectivity index (χ0n) is 19.5. The molecule has 0 atom stereocenters. The fourth-order valence-corrected chi connectivity index (χ4v) is 9.94. The molecule has 2 aromatic rings. The molecule has 0 saturated heterocycles. The summed E-state index contributed by atoms with van der Waals surface area (Å²) in [7, 11) is -2.43. The maximum Gasteiger partial charge on any atom is 0.261 e. The lowest BCUT2D eigenvalue weighted by Gasteiger charge is -2.45. The minimum absolute atomic E-state index is 0.0688. The van der Waals surface area contributed by atoms with Gasteiger partial charge in [0.1, 0.15) is 0 Å². The quantitative estimate of drug-likeness (QED) is 0.472. The molecule has 0 unspecified atom stereocenters. The molecule has 1 saturated carbocycles. The Morgan fingerprint density at radius 2 is 0.967 bits per heavy atom. The maximum absolute atomic E-state index is 7.46. The second-order valence-electron chi connectivity index (χ2n) is 10.2. The molecule has 0 bridgehead atoms. The van der Waals surface area contributed by atoms with Gasteiger partial charge in [-0.3, -0.25) is 0 Å². The van der Waals surface area contributed by atoms with Crippen LogP contribution in [0.25, 0.3) is 0 Å². The second-order valence-corrected chi connectivity index (χ2v) is 14.4. The molecule has 164 valence electrons. The molecule has 0 heterocycles. The minimum atomic E-state index is -2.43. The van der Waals surface area contributed by atoms with Gasteiger partial charge < -0.3 is 4.43 Å². The van der Waals surface area contributed by atoms with Crippen LogP contribution in [0.5, 0.6) is 0 Å². The highest BCUT2D eigenvalue weighted by Crippen LogP contribution is 2.38. The third kappa shape index (κ3) is 5.86. The predicted octanol–water partition coefficient (Wildman–Crippen LogP) is 7.24. The number of rotatable bonds is 4. The highest BCUT2D eigenvalue weighted by atomic mass is 28.4. The molecular formula is C28H42OSi. The largest absolute Gasteiger partial charge is 0.404 e. The van der Waals surface area contributed by atoms with E-state index in [1.807, 2.05) is 0 Å². The summed E-state index contributed by atoms with van der Waals surface area (Å²) in [5.41, 5.74) is 0. The van der Waals surface area contributed by atoms with Gasteiger partial charge in [0.2, 0.25) is 0 Å². The second kappa shape index (κ2) is 11.3. The Morgan fingerprint density at radius 1 is 0.600 bits per heavy atom. The lowest BCUT2D eigenvalue weighted by Crippen LogP contribution is -2.67. The third-order valence-electron chi connectivity index (χ3n) is 6.81. The number of hydrogen-bond acceptors (Lipinski definition) is 1. The molecule has 0 amide bonds. The summed E-state index contributed by atoms with van der Waals surface area (Å²) in [4.78, 5) is 0. The van der Waals surface area contributed by atoms with Crippen molar-refractivity contribution >= 4 is 18.7 Å². The van der Waals surface area contributed by atoms with Gasteiger partial charge in [-0.15, -0.1) is 0 Å². The molecule has 1 fully saturated rings. The number of benzene rings is 2. The molecule has 1 aliphatic rings. The van der Waals surface area contributed by atoms with E-state index < -0.39 is 8.32 Å². The van der Waals surface area contributed by atoms with E-state index >= 15 is 0 Å². The SMILES string of the molecule is CC(C)(C)[Si](OC1CCCCCCCCCCC1)(c1ccccc1)c1ccccc1. The fraction of sp³-hybridized carbons (Fsp3) is 0.571. The maximum atomic E-state index is 7.46. The lowest BCUT2D eigenvalue weighted by molar-refractivity contribution is 0.159. The normalized spacial score (nSPS) is 18.4. The van der Waals surface area contributed by atoms with Crippen LogP contribution in [0.15, 0.2) is 60.7 Å². The van der Waals surface area contributed by atoms with Crippen molar-refractivity contribution < 1.29 is 4.43 Å². The Labute approximate surface area is 186 Å². The molecule has 0 spiro atoms. The molecule has 1 nitrogen and oxygen atoms in total. The summed E-state index contributed by atoms with van der Waals surface area (Å²) in [6.07, 6.45) is 15.2. The van der Waals surface area contributed by atoms with Gasteiger partial charge in [-0.2, -0.15) is 0 Å². The van der Waals surface area contributed by atoms with Crippen LogP contribution >= 0.6 is 0 Å².